The van der Waals surface area contributed by atoms with Crippen molar-refractivity contribution in [3.05, 3.63) is 35.9 Å². The summed E-state index contributed by atoms with van der Waals surface area (Å²) in [5.41, 5.74) is 1.02. The molecule has 1 aromatic carbocycles. The molecule has 0 aliphatic carbocycles. The number of nitrogens with one attached hydrogen (secondary N) is 1. The van der Waals surface area contributed by atoms with Crippen molar-refractivity contribution in [3.63, 3.8) is 0 Å². The quantitative estimate of drug-likeness (QED) is 0.904. The molecule has 0 radical (unpaired) electrons. The number of piperidine rings is 3. The van der Waals surface area contributed by atoms with Crippen molar-refractivity contribution in [1.29, 1.82) is 0 Å². The van der Waals surface area contributed by atoms with E-state index >= 15 is 0 Å². The summed E-state index contributed by atoms with van der Waals surface area (Å²) in [6.45, 7) is 3.68. The minimum absolute atomic E-state index is 0.269. The maximum Gasteiger partial charge on any atom is 0.407 e. The second kappa shape index (κ2) is 5.61. The van der Waals surface area contributed by atoms with Gasteiger partial charge in [-0.15, -0.1) is 0 Å². The van der Waals surface area contributed by atoms with E-state index in [1.54, 1.807) is 0 Å². The van der Waals surface area contributed by atoms with Crippen molar-refractivity contribution < 1.29 is 9.53 Å². The van der Waals surface area contributed by atoms with Gasteiger partial charge in [-0.3, -0.25) is 0 Å². The lowest BCUT2D eigenvalue weighted by atomic mass is 9.84. The van der Waals surface area contributed by atoms with Gasteiger partial charge in [-0.1, -0.05) is 30.3 Å². The van der Waals surface area contributed by atoms with Crippen LogP contribution in [0.4, 0.5) is 4.79 Å². The first-order chi connectivity index (χ1) is 9.31. The number of hydrogen-bond donors (Lipinski definition) is 1. The Bertz CT molecular complexity index is 427. The number of ether oxygens (including phenoxy) is 1. The van der Waals surface area contributed by atoms with E-state index in [-0.39, 0.29) is 12.1 Å². The van der Waals surface area contributed by atoms with Crippen LogP contribution in [0.3, 0.4) is 0 Å². The zero-order valence-corrected chi connectivity index (χ0v) is 11.0. The van der Waals surface area contributed by atoms with Gasteiger partial charge in [0.15, 0.2) is 0 Å². The highest BCUT2D eigenvalue weighted by atomic mass is 16.5. The number of rotatable bonds is 3. The summed E-state index contributed by atoms with van der Waals surface area (Å²) in [6.07, 6.45) is 2.11. The molecule has 0 unspecified atom stereocenters. The summed E-state index contributed by atoms with van der Waals surface area (Å²) in [4.78, 5) is 14.2. The van der Waals surface area contributed by atoms with Crippen molar-refractivity contribution in [1.82, 2.24) is 10.2 Å². The van der Waals surface area contributed by atoms with Crippen LogP contribution in [-0.2, 0) is 11.3 Å². The molecule has 4 rings (SSSR count). The number of fused-ring (bicyclic) bond motifs is 3. The Balaban J connectivity index is 1.46. The van der Waals surface area contributed by atoms with E-state index in [0.29, 0.717) is 12.5 Å². The minimum atomic E-state index is -0.289. The summed E-state index contributed by atoms with van der Waals surface area (Å²) >= 11 is 0. The molecule has 3 heterocycles. The van der Waals surface area contributed by atoms with Gasteiger partial charge in [-0.2, -0.15) is 0 Å². The number of nitrogens with zero attached hydrogens (tertiary/aromatic N) is 1. The number of amides is 1. The molecule has 3 aliphatic rings. The van der Waals surface area contributed by atoms with Crippen LogP contribution in [0, 0.1) is 5.92 Å². The fourth-order valence-corrected chi connectivity index (χ4v) is 3.04. The molecule has 1 aromatic rings. The topological polar surface area (TPSA) is 41.6 Å². The maximum atomic E-state index is 11.8. The highest BCUT2D eigenvalue weighted by Crippen LogP contribution is 2.27. The number of carbonyl (C=O) groups excluding carboxylic acids is 1. The van der Waals surface area contributed by atoms with E-state index in [2.05, 4.69) is 10.2 Å². The largest absolute Gasteiger partial charge is 0.445 e. The van der Waals surface area contributed by atoms with E-state index in [4.69, 9.17) is 4.74 Å². The molecule has 3 aliphatic heterocycles. The molecule has 4 heteroatoms. The average molecular weight is 260 g/mol. The molecule has 0 saturated carbocycles. The van der Waals surface area contributed by atoms with E-state index in [0.717, 1.165) is 12.1 Å². The smallest absolute Gasteiger partial charge is 0.407 e. The first-order valence-corrected chi connectivity index (χ1v) is 7.01. The molecule has 1 N–H and O–H groups in total. The summed E-state index contributed by atoms with van der Waals surface area (Å²) < 4.78 is 5.27. The van der Waals surface area contributed by atoms with Gasteiger partial charge in [-0.25, -0.2) is 4.79 Å². The third-order valence-electron chi connectivity index (χ3n) is 4.17. The number of benzene rings is 1. The Hall–Kier alpha value is -1.55. The summed E-state index contributed by atoms with van der Waals surface area (Å²) in [5, 5.41) is 3.02. The van der Waals surface area contributed by atoms with E-state index in [9.17, 15) is 4.79 Å². The van der Waals surface area contributed by atoms with Crippen LogP contribution in [0.5, 0.6) is 0 Å². The van der Waals surface area contributed by atoms with E-state index < -0.39 is 0 Å². The van der Waals surface area contributed by atoms with Crippen molar-refractivity contribution >= 4 is 6.09 Å². The molecule has 19 heavy (non-hydrogen) atoms. The Morgan fingerprint density at radius 1 is 1.26 bits per heavy atom. The monoisotopic (exact) mass is 260 g/mol. The van der Waals surface area contributed by atoms with Crippen molar-refractivity contribution in [3.8, 4) is 0 Å². The van der Waals surface area contributed by atoms with Gasteiger partial charge in [0, 0.05) is 12.6 Å². The van der Waals surface area contributed by atoms with Crippen LogP contribution in [-0.4, -0.2) is 36.7 Å². The average Bonchev–Trinajstić information content (AvgIpc) is 2.47. The molecule has 0 spiro atoms. The van der Waals surface area contributed by atoms with Gasteiger partial charge in [0.2, 0.25) is 0 Å². The zero-order chi connectivity index (χ0) is 13.1. The predicted molar refractivity (Wildman–Crippen MR) is 72.7 cm³/mol. The second-order valence-electron chi connectivity index (χ2n) is 5.45. The normalized spacial score (nSPS) is 28.9. The summed E-state index contributed by atoms with van der Waals surface area (Å²) in [6, 6.07) is 10.0. The van der Waals surface area contributed by atoms with Gasteiger partial charge >= 0.3 is 6.09 Å². The number of carbonyl (C=O) groups is 1. The Morgan fingerprint density at radius 2 is 2.00 bits per heavy atom. The SMILES string of the molecule is O=C(N[C@@H]1CN2CCC1CC2)OCc1ccccc1. The molecular formula is C15H20N2O2. The first kappa shape index (κ1) is 12.5. The fraction of sp³-hybridized carbons (Fsp3) is 0.533. The third-order valence-corrected chi connectivity index (χ3v) is 4.17. The van der Waals surface area contributed by atoms with Gasteiger partial charge in [0.05, 0.1) is 0 Å². The van der Waals surface area contributed by atoms with Crippen LogP contribution in [0.1, 0.15) is 18.4 Å². The van der Waals surface area contributed by atoms with Crippen molar-refractivity contribution in [2.45, 2.75) is 25.5 Å². The van der Waals surface area contributed by atoms with Crippen LogP contribution in [0.15, 0.2) is 30.3 Å². The van der Waals surface area contributed by atoms with Gasteiger partial charge in [0.25, 0.3) is 0 Å². The minimum Gasteiger partial charge on any atom is -0.445 e. The third kappa shape index (κ3) is 3.07. The van der Waals surface area contributed by atoms with E-state index in [1.807, 2.05) is 30.3 Å². The van der Waals surface area contributed by atoms with Gasteiger partial charge in [0.1, 0.15) is 6.61 Å². The van der Waals surface area contributed by atoms with Crippen LogP contribution >= 0.6 is 0 Å². The number of hydrogen-bond acceptors (Lipinski definition) is 3. The molecule has 3 saturated heterocycles. The fourth-order valence-electron chi connectivity index (χ4n) is 3.04. The summed E-state index contributed by atoms with van der Waals surface area (Å²) in [7, 11) is 0. The van der Waals surface area contributed by atoms with E-state index in [1.165, 1.54) is 25.9 Å². The molecule has 3 fully saturated rings. The molecular weight excluding hydrogens is 240 g/mol. The molecule has 0 aromatic heterocycles. The Kier molecular flexibility index (Phi) is 3.69. The van der Waals surface area contributed by atoms with Crippen molar-refractivity contribution in [2.24, 2.45) is 5.92 Å². The molecule has 102 valence electrons. The number of alkyl carbamates (subject to hydrolysis) is 1. The second-order valence-corrected chi connectivity index (χ2v) is 5.45. The summed E-state index contributed by atoms with van der Waals surface area (Å²) in [5.74, 6) is 0.634. The molecule has 4 nitrogen and oxygen atoms in total. The first-order valence-electron chi connectivity index (χ1n) is 7.01. The molecule has 1 amide bonds. The molecule has 1 atom stereocenters. The molecule has 2 bridgehead atoms. The lowest BCUT2D eigenvalue weighted by molar-refractivity contribution is 0.0642. The predicted octanol–water partition coefficient (Wildman–Crippen LogP) is 2.01. The van der Waals surface area contributed by atoms with Crippen molar-refractivity contribution in [2.75, 3.05) is 19.6 Å². The van der Waals surface area contributed by atoms with Crippen LogP contribution in [0.25, 0.3) is 0 Å². The standard InChI is InChI=1S/C15H20N2O2/c18-15(19-11-12-4-2-1-3-5-12)16-14-10-17-8-6-13(14)7-9-17/h1-5,13-14H,6-11H2,(H,16,18)/t14-/m1/s1. The zero-order valence-electron chi connectivity index (χ0n) is 11.0. The van der Waals surface area contributed by atoms with Crippen LogP contribution in [0.2, 0.25) is 0 Å². The van der Waals surface area contributed by atoms with Crippen LogP contribution < -0.4 is 5.32 Å². The highest BCUT2D eigenvalue weighted by Gasteiger charge is 2.35. The Morgan fingerprint density at radius 3 is 2.63 bits per heavy atom. The Labute approximate surface area is 113 Å². The van der Waals surface area contributed by atoms with Gasteiger partial charge < -0.3 is 15.0 Å². The highest BCUT2D eigenvalue weighted by molar-refractivity contribution is 5.67. The van der Waals surface area contributed by atoms with Gasteiger partial charge in [-0.05, 0) is 37.4 Å². The maximum absolute atomic E-state index is 11.8. The lowest BCUT2D eigenvalue weighted by Gasteiger charge is -2.44. The lowest BCUT2D eigenvalue weighted by Crippen LogP contribution is -2.57.